The van der Waals surface area contributed by atoms with Crippen molar-refractivity contribution in [2.45, 2.75) is 25.3 Å². The van der Waals surface area contributed by atoms with Gasteiger partial charge < -0.3 is 9.64 Å². The van der Waals surface area contributed by atoms with E-state index in [1.54, 1.807) is 13.3 Å². The third-order valence-electron chi connectivity index (χ3n) is 2.62. The lowest BCUT2D eigenvalue weighted by molar-refractivity contribution is -0.138. The van der Waals surface area contributed by atoms with Gasteiger partial charge in [0.15, 0.2) is 6.23 Å². The summed E-state index contributed by atoms with van der Waals surface area (Å²) in [6.07, 6.45) is 9.13. The van der Waals surface area contributed by atoms with E-state index in [4.69, 9.17) is 4.74 Å². The second-order valence-electron chi connectivity index (χ2n) is 3.68. The highest BCUT2D eigenvalue weighted by molar-refractivity contribution is 5.78. The smallest absolute Gasteiger partial charge is 0.221 e. The molecule has 0 radical (unpaired) electrons. The van der Waals surface area contributed by atoms with E-state index in [0.29, 0.717) is 0 Å². The van der Waals surface area contributed by atoms with Crippen molar-refractivity contribution in [3.05, 3.63) is 24.3 Å². The summed E-state index contributed by atoms with van der Waals surface area (Å²) in [5.41, 5.74) is 0. The maximum Gasteiger partial charge on any atom is 0.221 e. The molecule has 15 heavy (non-hydrogen) atoms. The van der Waals surface area contributed by atoms with Crippen molar-refractivity contribution < 1.29 is 9.53 Å². The minimum absolute atomic E-state index is 0.0276. The van der Waals surface area contributed by atoms with Crippen molar-refractivity contribution in [2.24, 2.45) is 4.99 Å². The van der Waals surface area contributed by atoms with Crippen LogP contribution in [0.15, 0.2) is 29.3 Å². The fraction of sp³-hybridized carbons (Fsp3) is 0.455. The van der Waals surface area contributed by atoms with Crippen LogP contribution in [0, 0.1) is 0 Å². The molecule has 80 valence electrons. The standard InChI is InChI=1S/C11H14N2O2/c1-8(14)13(2)11-7-12-9-5-3-4-6-10(9)15-11/h3-7,9-11H,1-2H3. The molecule has 0 spiro atoms. The van der Waals surface area contributed by atoms with Gasteiger partial charge in [-0.2, -0.15) is 0 Å². The van der Waals surface area contributed by atoms with Crippen LogP contribution in [0.5, 0.6) is 0 Å². The van der Waals surface area contributed by atoms with E-state index in [-0.39, 0.29) is 24.3 Å². The zero-order chi connectivity index (χ0) is 10.8. The lowest BCUT2D eigenvalue weighted by atomic mass is 10.1. The van der Waals surface area contributed by atoms with Crippen molar-refractivity contribution in [3.63, 3.8) is 0 Å². The monoisotopic (exact) mass is 206 g/mol. The number of rotatable bonds is 1. The number of carbonyl (C=O) groups is 1. The normalized spacial score (nSPS) is 32.5. The number of nitrogens with zero attached hydrogens (tertiary/aromatic N) is 2. The van der Waals surface area contributed by atoms with E-state index in [9.17, 15) is 4.79 Å². The topological polar surface area (TPSA) is 41.9 Å². The largest absolute Gasteiger partial charge is 0.343 e. The molecule has 1 aliphatic carbocycles. The van der Waals surface area contributed by atoms with Crippen molar-refractivity contribution in [2.75, 3.05) is 7.05 Å². The summed E-state index contributed by atoms with van der Waals surface area (Å²) in [6.45, 7) is 1.51. The van der Waals surface area contributed by atoms with Crippen molar-refractivity contribution in [3.8, 4) is 0 Å². The van der Waals surface area contributed by atoms with Crippen molar-refractivity contribution >= 4 is 12.1 Å². The quantitative estimate of drug-likeness (QED) is 0.635. The molecule has 0 aromatic rings. The Morgan fingerprint density at radius 1 is 1.40 bits per heavy atom. The van der Waals surface area contributed by atoms with Crippen LogP contribution in [0.4, 0.5) is 0 Å². The summed E-state index contributed by atoms with van der Waals surface area (Å²) in [6, 6.07) is 0.0617. The van der Waals surface area contributed by atoms with Crippen LogP contribution in [0.25, 0.3) is 0 Å². The highest BCUT2D eigenvalue weighted by Gasteiger charge is 2.28. The Bertz CT molecular complexity index is 346. The summed E-state index contributed by atoms with van der Waals surface area (Å²) in [4.78, 5) is 17.0. The van der Waals surface area contributed by atoms with Gasteiger partial charge in [-0.05, 0) is 0 Å². The van der Waals surface area contributed by atoms with E-state index in [2.05, 4.69) is 4.99 Å². The molecule has 0 saturated carbocycles. The third kappa shape index (κ3) is 1.99. The molecule has 3 unspecified atom stereocenters. The van der Waals surface area contributed by atoms with Gasteiger partial charge in [-0.3, -0.25) is 9.79 Å². The Hall–Kier alpha value is -1.42. The Labute approximate surface area is 88.9 Å². The summed E-state index contributed by atoms with van der Waals surface area (Å²) in [5, 5.41) is 0. The van der Waals surface area contributed by atoms with Crippen molar-refractivity contribution in [1.82, 2.24) is 4.90 Å². The Morgan fingerprint density at radius 3 is 2.87 bits per heavy atom. The Balaban J connectivity index is 2.11. The zero-order valence-corrected chi connectivity index (χ0v) is 8.83. The van der Waals surface area contributed by atoms with E-state index < -0.39 is 0 Å². The molecule has 0 aromatic heterocycles. The molecule has 3 atom stereocenters. The number of carbonyl (C=O) groups excluding carboxylic acids is 1. The Morgan fingerprint density at radius 2 is 2.13 bits per heavy atom. The molecule has 0 N–H and O–H groups in total. The van der Waals surface area contributed by atoms with E-state index in [1.165, 1.54) is 11.8 Å². The molecule has 2 rings (SSSR count). The van der Waals surface area contributed by atoms with E-state index in [0.717, 1.165) is 0 Å². The van der Waals surface area contributed by atoms with Crippen LogP contribution in [-0.4, -0.2) is 42.4 Å². The molecule has 2 aliphatic rings. The minimum atomic E-state index is -0.347. The number of hydrogen-bond donors (Lipinski definition) is 0. The molecule has 1 heterocycles. The van der Waals surface area contributed by atoms with Gasteiger partial charge in [-0.25, -0.2) is 0 Å². The minimum Gasteiger partial charge on any atom is -0.343 e. The highest BCUT2D eigenvalue weighted by atomic mass is 16.5. The first-order valence-corrected chi connectivity index (χ1v) is 4.95. The SMILES string of the molecule is CC(=O)N(C)C1C=NC2C=CC=CC2O1. The van der Waals surface area contributed by atoms with E-state index in [1.807, 2.05) is 24.3 Å². The molecule has 0 saturated heterocycles. The second-order valence-corrected chi connectivity index (χ2v) is 3.68. The molecule has 4 nitrogen and oxygen atoms in total. The average Bonchev–Trinajstić information content (AvgIpc) is 2.27. The predicted octanol–water partition coefficient (Wildman–Crippen LogP) is 0.755. The zero-order valence-electron chi connectivity index (χ0n) is 8.83. The first-order valence-electron chi connectivity index (χ1n) is 4.95. The summed E-state index contributed by atoms with van der Waals surface area (Å²) in [7, 11) is 1.71. The van der Waals surface area contributed by atoms with Gasteiger partial charge in [0.1, 0.15) is 6.10 Å². The maximum atomic E-state index is 11.2. The van der Waals surface area contributed by atoms with Crippen LogP contribution in [0.2, 0.25) is 0 Å². The van der Waals surface area contributed by atoms with Gasteiger partial charge in [0.25, 0.3) is 0 Å². The summed E-state index contributed by atoms with van der Waals surface area (Å²) < 4.78 is 5.73. The number of allylic oxidation sites excluding steroid dienone is 2. The maximum absolute atomic E-state index is 11.2. The first-order chi connectivity index (χ1) is 7.18. The van der Waals surface area contributed by atoms with Crippen LogP contribution in [0.1, 0.15) is 6.92 Å². The fourth-order valence-corrected chi connectivity index (χ4v) is 1.57. The number of ether oxygens (including phenoxy) is 1. The summed E-state index contributed by atoms with van der Waals surface area (Å²) in [5.74, 6) is -0.0276. The first kappa shape index (κ1) is 10.1. The van der Waals surface area contributed by atoms with Crippen LogP contribution >= 0.6 is 0 Å². The van der Waals surface area contributed by atoms with Gasteiger partial charge in [-0.15, -0.1) is 0 Å². The summed E-state index contributed by atoms with van der Waals surface area (Å²) >= 11 is 0. The molecule has 1 amide bonds. The molecule has 1 aliphatic heterocycles. The Kier molecular flexibility index (Phi) is 2.68. The molecule has 0 aromatic carbocycles. The van der Waals surface area contributed by atoms with Crippen molar-refractivity contribution in [1.29, 1.82) is 0 Å². The van der Waals surface area contributed by atoms with Gasteiger partial charge in [0.05, 0.1) is 6.04 Å². The molecule has 0 fully saturated rings. The van der Waals surface area contributed by atoms with Crippen LogP contribution in [-0.2, 0) is 9.53 Å². The lowest BCUT2D eigenvalue weighted by Gasteiger charge is -2.33. The molecular formula is C11H14N2O2. The van der Waals surface area contributed by atoms with Crippen LogP contribution in [0.3, 0.4) is 0 Å². The van der Waals surface area contributed by atoms with E-state index >= 15 is 0 Å². The number of fused-ring (bicyclic) bond motifs is 1. The molecule has 0 bridgehead atoms. The van der Waals surface area contributed by atoms with Gasteiger partial charge in [0.2, 0.25) is 5.91 Å². The van der Waals surface area contributed by atoms with Gasteiger partial charge in [0, 0.05) is 20.2 Å². The third-order valence-corrected chi connectivity index (χ3v) is 2.62. The molecular weight excluding hydrogens is 192 g/mol. The van der Waals surface area contributed by atoms with Crippen LogP contribution < -0.4 is 0 Å². The van der Waals surface area contributed by atoms with Gasteiger partial charge in [-0.1, -0.05) is 24.3 Å². The molecule has 4 heteroatoms. The number of aliphatic imine (C=N–C) groups is 1. The second kappa shape index (κ2) is 3.98. The number of amides is 1. The highest BCUT2D eigenvalue weighted by Crippen LogP contribution is 2.18. The average molecular weight is 206 g/mol. The fourth-order valence-electron chi connectivity index (χ4n) is 1.57. The van der Waals surface area contributed by atoms with Gasteiger partial charge >= 0.3 is 0 Å². The number of hydrogen-bond acceptors (Lipinski definition) is 3. The lowest BCUT2D eigenvalue weighted by Crippen LogP contribution is -2.46. The predicted molar refractivity (Wildman–Crippen MR) is 57.7 cm³/mol.